The van der Waals surface area contributed by atoms with Crippen molar-refractivity contribution in [3.8, 4) is 0 Å². The van der Waals surface area contributed by atoms with E-state index in [1.807, 2.05) is 0 Å². The van der Waals surface area contributed by atoms with Gasteiger partial charge in [0.2, 0.25) is 10.0 Å². The third kappa shape index (κ3) is 6.08. The zero-order valence-corrected chi connectivity index (χ0v) is 17.6. The van der Waals surface area contributed by atoms with Crippen LogP contribution in [-0.2, 0) is 16.6 Å². The number of amidine groups is 1. The minimum absolute atomic E-state index is 0.156. The second kappa shape index (κ2) is 9.71. The Morgan fingerprint density at radius 3 is 2.18 bits per heavy atom. The Bertz CT molecular complexity index is 1320. The summed E-state index contributed by atoms with van der Waals surface area (Å²) in [7, 11) is -4.10. The number of halogens is 3. The summed E-state index contributed by atoms with van der Waals surface area (Å²) in [5.41, 5.74) is 6.15. The highest BCUT2D eigenvalue weighted by molar-refractivity contribution is 7.89. The van der Waals surface area contributed by atoms with Crippen molar-refractivity contribution in [3.05, 3.63) is 89.2 Å². The van der Waals surface area contributed by atoms with Crippen LogP contribution in [0.25, 0.3) is 0 Å². The fraction of sp³-hybridized carbons (Fsp3) is 0.0476. The molecule has 0 aromatic heterocycles. The summed E-state index contributed by atoms with van der Waals surface area (Å²) >= 11 is 0. The molecule has 6 N–H and O–H groups in total. The molecule has 12 heteroatoms. The van der Waals surface area contributed by atoms with Gasteiger partial charge in [-0.05, 0) is 42.5 Å². The Labute approximate surface area is 187 Å². The van der Waals surface area contributed by atoms with E-state index in [9.17, 15) is 26.4 Å². The maximum atomic E-state index is 13.7. The zero-order valence-electron chi connectivity index (χ0n) is 16.8. The SMILES string of the molecule is N=C(N)c1cccc(NC(=O)Nc2ccc(S(=O)(=O)NCc3cc(F)c(F)cc3F)cc2)c1. The first-order valence-corrected chi connectivity index (χ1v) is 10.8. The van der Waals surface area contributed by atoms with Gasteiger partial charge in [0.1, 0.15) is 11.7 Å². The first kappa shape index (κ1) is 23.8. The predicted octanol–water partition coefficient (Wildman–Crippen LogP) is 3.51. The molecule has 0 saturated carbocycles. The van der Waals surface area contributed by atoms with E-state index in [2.05, 4.69) is 15.4 Å². The Hall–Kier alpha value is -3.90. The Kier molecular flexibility index (Phi) is 6.99. The van der Waals surface area contributed by atoms with Gasteiger partial charge in [-0.15, -0.1) is 0 Å². The van der Waals surface area contributed by atoms with Crippen molar-refractivity contribution >= 4 is 33.3 Å². The molecule has 0 unspecified atom stereocenters. The number of amides is 2. The molecular formula is C21H18F3N5O3S. The summed E-state index contributed by atoms with van der Waals surface area (Å²) in [6, 6.07) is 11.7. The molecule has 0 aliphatic rings. The summed E-state index contributed by atoms with van der Waals surface area (Å²) < 4.78 is 66.9. The number of benzene rings is 3. The van der Waals surface area contributed by atoms with Gasteiger partial charge in [0.15, 0.2) is 11.6 Å². The number of nitrogen functional groups attached to an aromatic ring is 1. The summed E-state index contributed by atoms with van der Waals surface area (Å²) in [5, 5.41) is 12.5. The average Bonchev–Trinajstić information content (AvgIpc) is 2.76. The van der Waals surface area contributed by atoms with Crippen molar-refractivity contribution in [3.63, 3.8) is 0 Å². The third-order valence-corrected chi connectivity index (χ3v) is 5.81. The topological polar surface area (TPSA) is 137 Å². The maximum absolute atomic E-state index is 13.7. The van der Waals surface area contributed by atoms with Gasteiger partial charge in [0.05, 0.1) is 4.90 Å². The number of urea groups is 1. The van der Waals surface area contributed by atoms with Crippen LogP contribution in [0.1, 0.15) is 11.1 Å². The average molecular weight is 477 g/mol. The molecule has 33 heavy (non-hydrogen) atoms. The van der Waals surface area contributed by atoms with E-state index in [-0.39, 0.29) is 22.0 Å². The Morgan fingerprint density at radius 2 is 1.52 bits per heavy atom. The standard InChI is InChI=1S/C21H18F3N5O3S/c22-17-10-19(24)18(23)9-13(17)11-27-33(31,32)16-6-4-14(5-7-16)28-21(30)29-15-3-1-2-12(8-15)20(25)26/h1-10,27H,11H2,(H3,25,26)(H2,28,29,30). The van der Waals surface area contributed by atoms with Gasteiger partial charge in [0.25, 0.3) is 0 Å². The number of hydrogen-bond donors (Lipinski definition) is 5. The zero-order chi connectivity index (χ0) is 24.2. The normalized spacial score (nSPS) is 11.1. The second-order valence-corrected chi connectivity index (χ2v) is 8.55. The lowest BCUT2D eigenvalue weighted by atomic mass is 10.2. The van der Waals surface area contributed by atoms with Crippen LogP contribution in [0.4, 0.5) is 29.3 Å². The summed E-state index contributed by atoms with van der Waals surface area (Å²) in [6.07, 6.45) is 0. The lowest BCUT2D eigenvalue weighted by Gasteiger charge is -2.11. The van der Waals surface area contributed by atoms with Gasteiger partial charge in [-0.25, -0.2) is 31.1 Å². The van der Waals surface area contributed by atoms with Crippen molar-refractivity contribution in [2.45, 2.75) is 11.4 Å². The minimum Gasteiger partial charge on any atom is -0.384 e. The molecule has 172 valence electrons. The van der Waals surface area contributed by atoms with E-state index in [4.69, 9.17) is 11.1 Å². The predicted molar refractivity (Wildman–Crippen MR) is 117 cm³/mol. The van der Waals surface area contributed by atoms with E-state index in [0.717, 1.165) is 0 Å². The van der Waals surface area contributed by atoms with Crippen LogP contribution in [0, 0.1) is 22.9 Å². The fourth-order valence-corrected chi connectivity index (χ4v) is 3.74. The molecule has 0 aliphatic carbocycles. The number of rotatable bonds is 7. The maximum Gasteiger partial charge on any atom is 0.323 e. The molecule has 0 bridgehead atoms. The first-order valence-electron chi connectivity index (χ1n) is 9.31. The number of hydrogen-bond acceptors (Lipinski definition) is 4. The highest BCUT2D eigenvalue weighted by atomic mass is 32.2. The van der Waals surface area contributed by atoms with Crippen molar-refractivity contribution in [1.82, 2.24) is 4.72 Å². The van der Waals surface area contributed by atoms with E-state index < -0.39 is 40.1 Å². The molecule has 3 aromatic carbocycles. The monoisotopic (exact) mass is 477 g/mol. The van der Waals surface area contributed by atoms with Crippen LogP contribution in [0.2, 0.25) is 0 Å². The van der Waals surface area contributed by atoms with Crippen molar-refractivity contribution in [1.29, 1.82) is 5.41 Å². The molecular weight excluding hydrogens is 459 g/mol. The number of carbonyl (C=O) groups is 1. The largest absolute Gasteiger partial charge is 0.384 e. The molecule has 2 amide bonds. The van der Waals surface area contributed by atoms with Gasteiger partial charge in [-0.1, -0.05) is 12.1 Å². The highest BCUT2D eigenvalue weighted by Gasteiger charge is 2.17. The Morgan fingerprint density at radius 1 is 0.879 bits per heavy atom. The third-order valence-electron chi connectivity index (χ3n) is 4.40. The summed E-state index contributed by atoms with van der Waals surface area (Å²) in [6.45, 7) is -0.590. The summed E-state index contributed by atoms with van der Waals surface area (Å²) in [5.74, 6) is -3.92. The molecule has 3 rings (SSSR count). The van der Waals surface area contributed by atoms with Crippen LogP contribution in [-0.4, -0.2) is 20.3 Å². The Balaban J connectivity index is 1.63. The van der Waals surface area contributed by atoms with Crippen LogP contribution in [0.5, 0.6) is 0 Å². The van der Waals surface area contributed by atoms with Crippen molar-refractivity contribution < 1.29 is 26.4 Å². The molecule has 0 atom stereocenters. The van der Waals surface area contributed by atoms with Gasteiger partial charge in [-0.3, -0.25) is 5.41 Å². The fourth-order valence-electron chi connectivity index (χ4n) is 2.73. The highest BCUT2D eigenvalue weighted by Crippen LogP contribution is 2.17. The number of anilines is 2. The van der Waals surface area contributed by atoms with E-state index >= 15 is 0 Å². The number of nitrogens with one attached hydrogen (secondary N) is 4. The molecule has 8 nitrogen and oxygen atoms in total. The van der Waals surface area contributed by atoms with E-state index in [0.29, 0.717) is 23.4 Å². The van der Waals surface area contributed by atoms with Gasteiger partial charge >= 0.3 is 6.03 Å². The number of sulfonamides is 1. The van der Waals surface area contributed by atoms with Crippen molar-refractivity contribution in [2.24, 2.45) is 5.73 Å². The van der Waals surface area contributed by atoms with Gasteiger partial charge in [-0.2, -0.15) is 0 Å². The molecule has 0 saturated heterocycles. The molecule has 0 aliphatic heterocycles. The van der Waals surface area contributed by atoms with Crippen molar-refractivity contribution in [2.75, 3.05) is 10.6 Å². The quantitative estimate of drug-likeness (QED) is 0.202. The van der Waals surface area contributed by atoms with Gasteiger partial charge in [0, 0.05) is 35.1 Å². The summed E-state index contributed by atoms with van der Waals surface area (Å²) in [4.78, 5) is 12.0. The van der Waals surface area contributed by atoms with E-state index in [1.165, 1.54) is 30.3 Å². The first-order chi connectivity index (χ1) is 15.5. The minimum atomic E-state index is -4.10. The second-order valence-electron chi connectivity index (χ2n) is 6.78. The molecule has 0 heterocycles. The molecule has 0 spiro atoms. The number of nitrogens with two attached hydrogens (primary N) is 1. The van der Waals surface area contributed by atoms with Crippen LogP contribution in [0.15, 0.2) is 65.6 Å². The van der Waals surface area contributed by atoms with E-state index in [1.54, 1.807) is 18.2 Å². The molecule has 3 aromatic rings. The molecule has 0 fully saturated rings. The lowest BCUT2D eigenvalue weighted by molar-refractivity contribution is 0.262. The number of carbonyl (C=O) groups excluding carboxylic acids is 1. The van der Waals surface area contributed by atoms with Crippen LogP contribution in [0.3, 0.4) is 0 Å². The van der Waals surface area contributed by atoms with Crippen LogP contribution >= 0.6 is 0 Å². The molecule has 0 radical (unpaired) electrons. The lowest BCUT2D eigenvalue weighted by Crippen LogP contribution is -2.24. The smallest absolute Gasteiger partial charge is 0.323 e. The van der Waals surface area contributed by atoms with Gasteiger partial charge < -0.3 is 16.4 Å². The van der Waals surface area contributed by atoms with Crippen LogP contribution < -0.4 is 21.1 Å².